The number of nitrogens with one attached hydrogen (secondary N) is 1. The summed E-state index contributed by atoms with van der Waals surface area (Å²) in [6, 6.07) is 0.538. The summed E-state index contributed by atoms with van der Waals surface area (Å²) in [6.07, 6.45) is 9.77. The van der Waals surface area contributed by atoms with Crippen molar-refractivity contribution in [3.05, 3.63) is 16.1 Å². The van der Waals surface area contributed by atoms with Crippen molar-refractivity contribution in [2.24, 2.45) is 0 Å². The molecule has 1 N–H and O–H groups in total. The molecule has 1 aromatic heterocycles. The van der Waals surface area contributed by atoms with E-state index < -0.39 is 0 Å². The first-order valence-corrected chi connectivity index (χ1v) is 8.31. The van der Waals surface area contributed by atoms with E-state index in [1.807, 2.05) is 11.3 Å². The number of nitrogens with zero attached hydrogens (tertiary/aromatic N) is 1. The van der Waals surface area contributed by atoms with E-state index in [1.165, 1.54) is 55.6 Å². The third kappa shape index (κ3) is 4.36. The Morgan fingerprint density at radius 2 is 1.89 bits per heavy atom. The fourth-order valence-electron chi connectivity index (χ4n) is 2.60. The van der Waals surface area contributed by atoms with Gasteiger partial charge >= 0.3 is 0 Å². The Hall–Kier alpha value is -0.410. The lowest BCUT2D eigenvalue weighted by atomic mass is 9.92. The standard InChI is InChI=1S/C15H26N2S/c1-12(2)16-10-14-11-18-15(17-14)13-8-6-4-3-5-7-9-13/h11-13,16H,3-10H2,1-2H3. The van der Waals surface area contributed by atoms with Crippen molar-refractivity contribution < 1.29 is 0 Å². The first-order chi connectivity index (χ1) is 8.75. The van der Waals surface area contributed by atoms with Gasteiger partial charge < -0.3 is 5.32 Å². The Kier molecular flexibility index (Phi) is 5.64. The summed E-state index contributed by atoms with van der Waals surface area (Å²) in [6.45, 7) is 5.28. The molecule has 102 valence electrons. The van der Waals surface area contributed by atoms with E-state index >= 15 is 0 Å². The van der Waals surface area contributed by atoms with Gasteiger partial charge in [-0.3, -0.25) is 0 Å². The van der Waals surface area contributed by atoms with Crippen LogP contribution >= 0.6 is 11.3 Å². The lowest BCUT2D eigenvalue weighted by molar-refractivity contribution is 0.453. The summed E-state index contributed by atoms with van der Waals surface area (Å²) >= 11 is 1.87. The van der Waals surface area contributed by atoms with Gasteiger partial charge in [-0.05, 0) is 12.8 Å². The third-order valence-electron chi connectivity index (χ3n) is 3.72. The maximum absolute atomic E-state index is 4.83. The summed E-state index contributed by atoms with van der Waals surface area (Å²) < 4.78 is 0. The van der Waals surface area contributed by atoms with Gasteiger partial charge in [-0.1, -0.05) is 46.0 Å². The van der Waals surface area contributed by atoms with Gasteiger partial charge in [-0.25, -0.2) is 4.98 Å². The fraction of sp³-hybridized carbons (Fsp3) is 0.800. The minimum Gasteiger partial charge on any atom is -0.309 e. The number of rotatable bonds is 4. The van der Waals surface area contributed by atoms with Crippen LogP contribution in [0, 0.1) is 0 Å². The largest absolute Gasteiger partial charge is 0.309 e. The molecule has 0 saturated heterocycles. The monoisotopic (exact) mass is 266 g/mol. The molecular weight excluding hydrogens is 240 g/mol. The van der Waals surface area contributed by atoms with Crippen LogP contribution in [0.3, 0.4) is 0 Å². The van der Waals surface area contributed by atoms with Gasteiger partial charge in [0.05, 0.1) is 10.7 Å². The predicted octanol–water partition coefficient (Wildman–Crippen LogP) is 4.47. The quantitative estimate of drug-likeness (QED) is 0.869. The van der Waals surface area contributed by atoms with Gasteiger partial charge in [0.25, 0.3) is 0 Å². The third-order valence-corrected chi connectivity index (χ3v) is 4.77. The van der Waals surface area contributed by atoms with Crippen LogP contribution in [0.15, 0.2) is 5.38 Å². The maximum atomic E-state index is 4.83. The van der Waals surface area contributed by atoms with Crippen LogP contribution in [-0.2, 0) is 6.54 Å². The molecule has 0 unspecified atom stereocenters. The molecule has 0 aromatic carbocycles. The van der Waals surface area contributed by atoms with Crippen molar-refractivity contribution in [3.8, 4) is 0 Å². The normalized spacial score (nSPS) is 18.8. The van der Waals surface area contributed by atoms with Crippen LogP contribution in [0.1, 0.15) is 75.4 Å². The molecule has 1 heterocycles. The summed E-state index contributed by atoms with van der Waals surface area (Å²) in [5, 5.41) is 7.07. The Balaban J connectivity index is 1.90. The SMILES string of the molecule is CC(C)NCc1csc(C2CCCCCCC2)n1. The van der Waals surface area contributed by atoms with E-state index in [9.17, 15) is 0 Å². The molecule has 2 rings (SSSR count). The molecule has 0 radical (unpaired) electrons. The van der Waals surface area contributed by atoms with Crippen LogP contribution in [0.5, 0.6) is 0 Å². The molecule has 1 aromatic rings. The Morgan fingerprint density at radius 1 is 1.22 bits per heavy atom. The van der Waals surface area contributed by atoms with Gasteiger partial charge in [0.1, 0.15) is 0 Å². The van der Waals surface area contributed by atoms with Crippen molar-refractivity contribution in [2.75, 3.05) is 0 Å². The average molecular weight is 266 g/mol. The molecule has 0 spiro atoms. The molecule has 3 heteroatoms. The van der Waals surface area contributed by atoms with E-state index in [-0.39, 0.29) is 0 Å². The highest BCUT2D eigenvalue weighted by Crippen LogP contribution is 2.32. The first-order valence-electron chi connectivity index (χ1n) is 7.43. The van der Waals surface area contributed by atoms with Crippen LogP contribution in [-0.4, -0.2) is 11.0 Å². The summed E-state index contributed by atoms with van der Waals surface area (Å²) in [5.74, 6) is 0.739. The smallest absolute Gasteiger partial charge is 0.0959 e. The summed E-state index contributed by atoms with van der Waals surface area (Å²) in [7, 11) is 0. The zero-order chi connectivity index (χ0) is 12.8. The van der Waals surface area contributed by atoms with Crippen LogP contribution in [0.25, 0.3) is 0 Å². The van der Waals surface area contributed by atoms with Crippen molar-refractivity contribution in [1.29, 1.82) is 0 Å². The topological polar surface area (TPSA) is 24.9 Å². The highest BCUT2D eigenvalue weighted by atomic mass is 32.1. The van der Waals surface area contributed by atoms with E-state index in [0.717, 1.165) is 12.5 Å². The van der Waals surface area contributed by atoms with Crippen molar-refractivity contribution in [3.63, 3.8) is 0 Å². The molecule has 0 amide bonds. The molecular formula is C15H26N2S. The predicted molar refractivity (Wildman–Crippen MR) is 79.1 cm³/mol. The lowest BCUT2D eigenvalue weighted by Crippen LogP contribution is -2.22. The van der Waals surface area contributed by atoms with Gasteiger partial charge in [0.2, 0.25) is 0 Å². The van der Waals surface area contributed by atoms with Gasteiger partial charge in [0.15, 0.2) is 0 Å². The number of hydrogen-bond acceptors (Lipinski definition) is 3. The summed E-state index contributed by atoms with van der Waals surface area (Å²) in [4.78, 5) is 4.83. The summed E-state index contributed by atoms with van der Waals surface area (Å²) in [5.41, 5.74) is 1.23. The highest BCUT2D eigenvalue weighted by molar-refractivity contribution is 7.09. The molecule has 0 atom stereocenters. The zero-order valence-corrected chi connectivity index (χ0v) is 12.6. The second-order valence-corrected chi connectivity index (χ2v) is 6.64. The molecule has 18 heavy (non-hydrogen) atoms. The average Bonchev–Trinajstić information content (AvgIpc) is 2.74. The van der Waals surface area contributed by atoms with Crippen molar-refractivity contribution >= 4 is 11.3 Å². The number of aromatic nitrogens is 1. The van der Waals surface area contributed by atoms with Crippen LogP contribution in [0.4, 0.5) is 0 Å². The van der Waals surface area contributed by atoms with Crippen molar-refractivity contribution in [1.82, 2.24) is 10.3 Å². The number of thiazole rings is 1. The fourth-order valence-corrected chi connectivity index (χ4v) is 3.59. The molecule has 0 bridgehead atoms. The molecule has 1 aliphatic carbocycles. The molecule has 1 saturated carbocycles. The van der Waals surface area contributed by atoms with E-state index in [0.29, 0.717) is 6.04 Å². The van der Waals surface area contributed by atoms with Gasteiger partial charge in [0, 0.05) is 23.9 Å². The van der Waals surface area contributed by atoms with Gasteiger partial charge in [-0.15, -0.1) is 11.3 Å². The lowest BCUT2D eigenvalue weighted by Gasteiger charge is -2.17. The van der Waals surface area contributed by atoms with Crippen LogP contribution in [0.2, 0.25) is 0 Å². The first kappa shape index (κ1) is 14.0. The second kappa shape index (κ2) is 7.25. The Labute approximate surface area is 115 Å². The van der Waals surface area contributed by atoms with E-state index in [1.54, 1.807) is 0 Å². The minimum atomic E-state index is 0.538. The Bertz CT molecular complexity index is 338. The van der Waals surface area contributed by atoms with Gasteiger partial charge in [-0.2, -0.15) is 0 Å². The molecule has 2 nitrogen and oxygen atoms in total. The minimum absolute atomic E-state index is 0.538. The Morgan fingerprint density at radius 3 is 2.56 bits per heavy atom. The van der Waals surface area contributed by atoms with E-state index in [2.05, 4.69) is 24.5 Å². The number of hydrogen-bond donors (Lipinski definition) is 1. The highest BCUT2D eigenvalue weighted by Gasteiger charge is 2.16. The second-order valence-electron chi connectivity index (χ2n) is 5.75. The molecule has 1 aliphatic rings. The van der Waals surface area contributed by atoms with Crippen LogP contribution < -0.4 is 5.32 Å². The molecule has 1 fully saturated rings. The van der Waals surface area contributed by atoms with Crippen molar-refractivity contribution in [2.45, 2.75) is 77.3 Å². The van der Waals surface area contributed by atoms with E-state index in [4.69, 9.17) is 4.98 Å². The maximum Gasteiger partial charge on any atom is 0.0959 e. The zero-order valence-electron chi connectivity index (χ0n) is 11.7. The molecule has 0 aliphatic heterocycles.